The van der Waals surface area contributed by atoms with Gasteiger partial charge in [0.05, 0.1) is 17.2 Å². The summed E-state index contributed by atoms with van der Waals surface area (Å²) in [6.07, 6.45) is 3.76. The van der Waals surface area contributed by atoms with Crippen LogP contribution < -0.4 is 0 Å². The van der Waals surface area contributed by atoms with E-state index in [9.17, 15) is 0 Å². The van der Waals surface area contributed by atoms with Gasteiger partial charge in [-0.2, -0.15) is 0 Å². The van der Waals surface area contributed by atoms with Gasteiger partial charge in [-0.25, -0.2) is 4.98 Å². The highest BCUT2D eigenvalue weighted by molar-refractivity contribution is 7.25. The van der Waals surface area contributed by atoms with Gasteiger partial charge in [-0.15, -0.1) is 11.3 Å². The zero-order valence-corrected chi connectivity index (χ0v) is 18.9. The van der Waals surface area contributed by atoms with E-state index in [1.807, 2.05) is 31.4 Å². The monoisotopic (exact) mass is 444 g/mol. The maximum Gasteiger partial charge on any atom is 0.142 e. The molecule has 0 aliphatic rings. The van der Waals surface area contributed by atoms with E-state index in [2.05, 4.69) is 76.9 Å². The SMILES string of the molecule is C=N/C=C(\C(=NC)n1c2ccccc2c2c3c(ncc21)sc1ccccc13)c1ccccc1. The third kappa shape index (κ3) is 2.93. The topological polar surface area (TPSA) is 42.5 Å². The standard InChI is InChI=1S/C28H20N4S/c1-29-16-21(18-10-4-3-5-11-18)27(30-2)32-22-14-8-6-12-19(22)25-23(32)17-31-28-26(25)20-13-7-9-15-24(20)33-28/h3-17H,1H2,2H3/b21-16-,30-27?. The Bertz CT molecular complexity index is 1740. The van der Waals surface area contributed by atoms with E-state index in [1.165, 1.54) is 26.2 Å². The van der Waals surface area contributed by atoms with Crippen LogP contribution in [0.4, 0.5) is 0 Å². The lowest BCUT2D eigenvalue weighted by atomic mass is 10.1. The first kappa shape index (κ1) is 19.6. The molecule has 5 heteroatoms. The molecule has 0 unspecified atom stereocenters. The van der Waals surface area contributed by atoms with E-state index in [1.54, 1.807) is 17.5 Å². The van der Waals surface area contributed by atoms with Gasteiger partial charge in [-0.3, -0.25) is 14.6 Å². The molecule has 0 aliphatic heterocycles. The number of pyridine rings is 1. The normalized spacial score (nSPS) is 12.9. The summed E-state index contributed by atoms with van der Waals surface area (Å²) in [6, 6.07) is 27.2. The average Bonchev–Trinajstić information content (AvgIpc) is 3.40. The molecule has 0 atom stereocenters. The van der Waals surface area contributed by atoms with Crippen molar-refractivity contribution in [1.82, 2.24) is 9.55 Å². The number of aliphatic imine (C=N–C) groups is 2. The molecule has 0 saturated carbocycles. The Morgan fingerprint density at radius 2 is 1.61 bits per heavy atom. The first-order chi connectivity index (χ1) is 16.3. The van der Waals surface area contributed by atoms with Crippen molar-refractivity contribution in [3.63, 3.8) is 0 Å². The van der Waals surface area contributed by atoms with Crippen molar-refractivity contribution < 1.29 is 0 Å². The number of benzene rings is 3. The smallest absolute Gasteiger partial charge is 0.142 e. The molecule has 33 heavy (non-hydrogen) atoms. The highest BCUT2D eigenvalue weighted by atomic mass is 32.1. The van der Waals surface area contributed by atoms with Gasteiger partial charge in [0.1, 0.15) is 10.7 Å². The largest absolute Gasteiger partial charge is 0.292 e. The van der Waals surface area contributed by atoms with Crippen molar-refractivity contribution in [3.05, 3.63) is 96.8 Å². The van der Waals surface area contributed by atoms with Crippen LogP contribution >= 0.6 is 11.3 Å². The molecular formula is C28H20N4S. The maximum absolute atomic E-state index is 4.88. The van der Waals surface area contributed by atoms with Crippen molar-refractivity contribution in [1.29, 1.82) is 0 Å². The number of hydrogen-bond donors (Lipinski definition) is 0. The first-order valence-electron chi connectivity index (χ1n) is 10.7. The zero-order chi connectivity index (χ0) is 22.4. The summed E-state index contributed by atoms with van der Waals surface area (Å²) < 4.78 is 3.45. The fourth-order valence-corrected chi connectivity index (χ4v) is 5.72. The number of fused-ring (bicyclic) bond motifs is 7. The van der Waals surface area contributed by atoms with Crippen LogP contribution in [0.15, 0.2) is 101 Å². The molecule has 158 valence electrons. The van der Waals surface area contributed by atoms with Crippen molar-refractivity contribution in [2.75, 3.05) is 7.05 Å². The zero-order valence-electron chi connectivity index (χ0n) is 18.1. The number of para-hydroxylation sites is 1. The second-order valence-corrected chi connectivity index (χ2v) is 8.82. The second kappa shape index (κ2) is 7.80. The van der Waals surface area contributed by atoms with Crippen LogP contribution in [0.25, 0.3) is 47.7 Å². The van der Waals surface area contributed by atoms with Gasteiger partial charge in [-0.05, 0) is 24.4 Å². The van der Waals surface area contributed by atoms with E-state index in [0.717, 1.165) is 32.8 Å². The van der Waals surface area contributed by atoms with Gasteiger partial charge >= 0.3 is 0 Å². The molecule has 0 spiro atoms. The van der Waals surface area contributed by atoms with E-state index in [4.69, 9.17) is 9.98 Å². The van der Waals surface area contributed by atoms with Crippen LogP contribution in [0.3, 0.4) is 0 Å². The molecule has 0 amide bonds. The Morgan fingerprint density at radius 1 is 0.879 bits per heavy atom. The lowest BCUT2D eigenvalue weighted by Crippen LogP contribution is -2.14. The quantitative estimate of drug-likeness (QED) is 0.211. The minimum atomic E-state index is 0.806. The van der Waals surface area contributed by atoms with Crippen molar-refractivity contribution in [2.24, 2.45) is 9.98 Å². The highest BCUT2D eigenvalue weighted by Gasteiger charge is 2.21. The molecule has 6 aromatic rings. The van der Waals surface area contributed by atoms with Gasteiger partial charge in [0, 0.05) is 45.1 Å². The molecule has 0 N–H and O–H groups in total. The number of aromatic nitrogens is 2. The summed E-state index contributed by atoms with van der Waals surface area (Å²) >= 11 is 1.73. The summed E-state index contributed by atoms with van der Waals surface area (Å²) in [7, 11) is 1.82. The molecule has 4 nitrogen and oxygen atoms in total. The molecule has 0 fully saturated rings. The number of rotatable bonds is 3. The van der Waals surface area contributed by atoms with Crippen LogP contribution in [0.5, 0.6) is 0 Å². The lowest BCUT2D eigenvalue weighted by Gasteiger charge is -2.14. The predicted molar refractivity (Wildman–Crippen MR) is 143 cm³/mol. The van der Waals surface area contributed by atoms with Crippen molar-refractivity contribution >= 4 is 71.6 Å². The number of thiophene rings is 1. The van der Waals surface area contributed by atoms with Crippen molar-refractivity contribution in [3.8, 4) is 0 Å². The summed E-state index contributed by atoms with van der Waals surface area (Å²) in [5, 5.41) is 4.82. The van der Waals surface area contributed by atoms with Crippen LogP contribution in [0.2, 0.25) is 0 Å². The molecular weight excluding hydrogens is 424 g/mol. The fraction of sp³-hybridized carbons (Fsp3) is 0.0357. The van der Waals surface area contributed by atoms with Crippen LogP contribution in [-0.2, 0) is 0 Å². The van der Waals surface area contributed by atoms with Crippen LogP contribution in [-0.4, -0.2) is 29.2 Å². The highest BCUT2D eigenvalue weighted by Crippen LogP contribution is 2.41. The first-order valence-corrected chi connectivity index (χ1v) is 11.5. The molecule has 0 bridgehead atoms. The maximum atomic E-state index is 4.88. The van der Waals surface area contributed by atoms with E-state index < -0.39 is 0 Å². The summed E-state index contributed by atoms with van der Waals surface area (Å²) in [4.78, 5) is 14.8. The van der Waals surface area contributed by atoms with Crippen molar-refractivity contribution in [2.45, 2.75) is 0 Å². The number of allylic oxidation sites excluding steroid dienone is 1. The third-order valence-corrected chi connectivity index (χ3v) is 7.09. The fourth-order valence-electron chi connectivity index (χ4n) is 4.67. The van der Waals surface area contributed by atoms with E-state index in [0.29, 0.717) is 0 Å². The summed E-state index contributed by atoms with van der Waals surface area (Å²) in [5.74, 6) is 0.806. The Labute approximate surface area is 194 Å². The van der Waals surface area contributed by atoms with E-state index >= 15 is 0 Å². The Hall–Kier alpha value is -4.09. The Kier molecular flexibility index (Phi) is 4.63. The van der Waals surface area contributed by atoms with Gasteiger partial charge in [0.15, 0.2) is 0 Å². The minimum absolute atomic E-state index is 0.806. The molecule has 6 rings (SSSR count). The molecule has 3 aromatic heterocycles. The van der Waals surface area contributed by atoms with Gasteiger partial charge in [0.25, 0.3) is 0 Å². The predicted octanol–water partition coefficient (Wildman–Crippen LogP) is 7.18. The summed E-state index contributed by atoms with van der Waals surface area (Å²) in [5.41, 5.74) is 4.06. The summed E-state index contributed by atoms with van der Waals surface area (Å²) in [6.45, 7) is 3.72. The third-order valence-electron chi connectivity index (χ3n) is 6.01. The van der Waals surface area contributed by atoms with E-state index in [-0.39, 0.29) is 0 Å². The van der Waals surface area contributed by atoms with Gasteiger partial charge in [-0.1, -0.05) is 66.7 Å². The van der Waals surface area contributed by atoms with Gasteiger partial charge < -0.3 is 0 Å². The second-order valence-electron chi connectivity index (χ2n) is 7.79. The lowest BCUT2D eigenvalue weighted by molar-refractivity contribution is 1.23. The van der Waals surface area contributed by atoms with Crippen LogP contribution in [0, 0.1) is 0 Å². The molecule has 0 radical (unpaired) electrons. The molecule has 3 heterocycles. The molecule has 3 aromatic carbocycles. The van der Waals surface area contributed by atoms with Crippen LogP contribution in [0.1, 0.15) is 5.56 Å². The Morgan fingerprint density at radius 3 is 2.39 bits per heavy atom. The molecule has 0 saturated heterocycles. The average molecular weight is 445 g/mol. The number of nitrogens with zero attached hydrogens (tertiary/aromatic N) is 4. The Balaban J connectivity index is 1.77. The van der Waals surface area contributed by atoms with Gasteiger partial charge in [0.2, 0.25) is 0 Å². The minimum Gasteiger partial charge on any atom is -0.292 e. The molecule has 0 aliphatic carbocycles. The number of hydrogen-bond acceptors (Lipinski definition) is 4.